The Balaban J connectivity index is 1.32. The van der Waals surface area contributed by atoms with Gasteiger partial charge in [-0.15, -0.1) is 0 Å². The number of hydrogen-bond donors (Lipinski definition) is 1. The zero-order chi connectivity index (χ0) is 19.8. The fourth-order valence-corrected chi connectivity index (χ4v) is 4.49. The van der Waals surface area contributed by atoms with E-state index >= 15 is 0 Å². The van der Waals surface area contributed by atoms with Gasteiger partial charge in [0.2, 0.25) is 0 Å². The molecule has 0 amide bonds. The third kappa shape index (κ3) is 3.45. The molecule has 0 bridgehead atoms. The third-order valence-corrected chi connectivity index (χ3v) is 6.07. The van der Waals surface area contributed by atoms with Crippen LogP contribution in [-0.2, 0) is 23.3 Å². The van der Waals surface area contributed by atoms with E-state index in [1.54, 1.807) is 12.1 Å². The number of rotatable bonds is 3. The molecule has 0 unspecified atom stereocenters. The fraction of sp³-hybridized carbons (Fsp3) is 0.409. The van der Waals surface area contributed by atoms with Gasteiger partial charge < -0.3 is 4.74 Å². The second-order valence-electron chi connectivity index (χ2n) is 7.94. The Kier molecular flexibility index (Phi) is 4.64. The van der Waals surface area contributed by atoms with Gasteiger partial charge in [0.25, 0.3) is 0 Å². The smallest absolute Gasteiger partial charge is 0.125 e. The van der Waals surface area contributed by atoms with Crippen LogP contribution in [0.5, 0.6) is 0 Å². The Bertz CT molecular complexity index is 1010. The monoisotopic (exact) mass is 393 g/mol. The number of nitrogens with zero attached hydrogens (tertiary/aromatic N) is 4. The number of fused-ring (bicyclic) bond motifs is 2. The van der Waals surface area contributed by atoms with Gasteiger partial charge in [-0.05, 0) is 56.0 Å². The van der Waals surface area contributed by atoms with Crippen LogP contribution in [0, 0.1) is 12.7 Å². The molecule has 1 fully saturated rings. The Morgan fingerprint density at radius 3 is 2.76 bits per heavy atom. The first-order valence-electron chi connectivity index (χ1n) is 10.1. The minimum Gasteiger partial charge on any atom is -0.368 e. The van der Waals surface area contributed by atoms with Crippen molar-refractivity contribution < 1.29 is 9.13 Å². The number of likely N-dealkylation sites (tertiary alicyclic amines) is 1. The number of hydrogen-bond acceptors (Lipinski definition) is 5. The Hall–Kier alpha value is -2.64. The van der Waals surface area contributed by atoms with Crippen LogP contribution in [0.1, 0.15) is 35.5 Å². The predicted octanol–water partition coefficient (Wildman–Crippen LogP) is 3.38. The summed E-state index contributed by atoms with van der Waals surface area (Å²) in [5.74, 6) is 0.571. The van der Waals surface area contributed by atoms with Crippen molar-refractivity contribution in [3.05, 3.63) is 65.1 Å². The van der Waals surface area contributed by atoms with Crippen LogP contribution < -0.4 is 0 Å². The van der Waals surface area contributed by atoms with Gasteiger partial charge >= 0.3 is 0 Å². The molecule has 150 valence electrons. The first-order valence-corrected chi connectivity index (χ1v) is 10.1. The van der Waals surface area contributed by atoms with Gasteiger partial charge in [-0.3, -0.25) is 10.00 Å². The average molecular weight is 393 g/mol. The predicted molar refractivity (Wildman–Crippen MR) is 107 cm³/mol. The summed E-state index contributed by atoms with van der Waals surface area (Å²) in [5, 5.41) is 7.29. The number of H-pyrrole nitrogens is 1. The molecule has 2 aliphatic rings. The van der Waals surface area contributed by atoms with E-state index in [-0.39, 0.29) is 11.4 Å². The van der Waals surface area contributed by atoms with Gasteiger partial charge in [-0.25, -0.2) is 14.4 Å². The highest BCUT2D eigenvalue weighted by Gasteiger charge is 2.42. The van der Waals surface area contributed by atoms with Crippen molar-refractivity contribution in [1.82, 2.24) is 25.1 Å². The van der Waals surface area contributed by atoms with E-state index in [1.165, 1.54) is 17.7 Å². The molecular formula is C22H24FN5O. The van der Waals surface area contributed by atoms with E-state index in [0.717, 1.165) is 73.8 Å². The lowest BCUT2D eigenvalue weighted by Crippen LogP contribution is -2.47. The van der Waals surface area contributed by atoms with Crippen molar-refractivity contribution in [2.75, 3.05) is 19.7 Å². The first-order chi connectivity index (χ1) is 14.1. The number of aryl methyl sites for hydroxylation is 1. The lowest BCUT2D eigenvalue weighted by Gasteiger charge is -2.44. The number of nitrogens with one attached hydrogen (secondary N) is 1. The van der Waals surface area contributed by atoms with Crippen LogP contribution in [0.2, 0.25) is 0 Å². The van der Waals surface area contributed by atoms with E-state index in [2.05, 4.69) is 20.1 Å². The highest BCUT2D eigenvalue weighted by molar-refractivity contribution is 5.62. The van der Waals surface area contributed by atoms with Crippen LogP contribution in [0.4, 0.5) is 4.39 Å². The van der Waals surface area contributed by atoms with Crippen molar-refractivity contribution in [2.24, 2.45) is 0 Å². The van der Waals surface area contributed by atoms with Crippen molar-refractivity contribution in [3.63, 3.8) is 0 Å². The molecule has 1 saturated heterocycles. The molecule has 1 N–H and O–H groups in total. The molecule has 5 rings (SSSR count). The molecule has 0 atom stereocenters. The Labute approximate surface area is 169 Å². The van der Waals surface area contributed by atoms with Crippen LogP contribution in [0.25, 0.3) is 11.3 Å². The molecule has 0 aliphatic carbocycles. The molecule has 0 saturated carbocycles. The van der Waals surface area contributed by atoms with Gasteiger partial charge in [-0.2, -0.15) is 5.10 Å². The maximum Gasteiger partial charge on any atom is 0.125 e. The average Bonchev–Trinajstić information content (AvgIpc) is 3.19. The second-order valence-corrected chi connectivity index (χ2v) is 7.94. The van der Waals surface area contributed by atoms with Crippen LogP contribution in [-0.4, -0.2) is 44.8 Å². The first kappa shape index (κ1) is 18.4. The third-order valence-electron chi connectivity index (χ3n) is 6.07. The standard InChI is InChI=1S/C22H24FN5O/c1-15-24-12-17-6-11-29-22(21(17)26-15)7-9-28(10-8-22)14-18-13-25-27-20(18)16-2-4-19(23)5-3-16/h2-5,12-13H,6-11,14H2,1H3,(H,25,27). The van der Waals surface area contributed by atoms with Crippen LogP contribution in [0.3, 0.4) is 0 Å². The minimum absolute atomic E-state index is 0.233. The van der Waals surface area contributed by atoms with E-state index in [9.17, 15) is 4.39 Å². The molecule has 3 aromatic rings. The Morgan fingerprint density at radius 2 is 1.97 bits per heavy atom. The van der Waals surface area contributed by atoms with E-state index < -0.39 is 0 Å². The zero-order valence-corrected chi connectivity index (χ0v) is 16.5. The largest absolute Gasteiger partial charge is 0.368 e. The van der Waals surface area contributed by atoms with E-state index in [1.807, 2.05) is 19.3 Å². The fourth-order valence-electron chi connectivity index (χ4n) is 4.49. The highest BCUT2D eigenvalue weighted by Crippen LogP contribution is 2.40. The number of aromatic nitrogens is 4. The van der Waals surface area contributed by atoms with Crippen molar-refractivity contribution >= 4 is 0 Å². The SMILES string of the molecule is Cc1ncc2c(n1)C1(CCN(Cc3cn[nH]c3-c3ccc(F)cc3)CC1)OCC2. The molecule has 6 nitrogen and oxygen atoms in total. The van der Waals surface area contributed by atoms with Crippen molar-refractivity contribution in [3.8, 4) is 11.3 Å². The molecule has 0 radical (unpaired) electrons. The van der Waals surface area contributed by atoms with Crippen LogP contribution >= 0.6 is 0 Å². The number of piperidine rings is 1. The summed E-state index contributed by atoms with van der Waals surface area (Å²) in [4.78, 5) is 11.5. The molecule has 4 heterocycles. The molecule has 2 aliphatic heterocycles. The van der Waals surface area contributed by atoms with Gasteiger partial charge in [-0.1, -0.05) is 0 Å². The minimum atomic E-state index is -0.284. The summed E-state index contributed by atoms with van der Waals surface area (Å²) < 4.78 is 19.6. The molecule has 29 heavy (non-hydrogen) atoms. The molecular weight excluding hydrogens is 369 g/mol. The van der Waals surface area contributed by atoms with Crippen molar-refractivity contribution in [2.45, 2.75) is 38.3 Å². The van der Waals surface area contributed by atoms with Gasteiger partial charge in [0.15, 0.2) is 0 Å². The summed E-state index contributed by atoms with van der Waals surface area (Å²) >= 11 is 0. The molecule has 2 aromatic heterocycles. The molecule has 1 aromatic carbocycles. The number of ether oxygens (including phenoxy) is 1. The second kappa shape index (κ2) is 7.31. The zero-order valence-electron chi connectivity index (χ0n) is 16.5. The summed E-state index contributed by atoms with van der Waals surface area (Å²) in [7, 11) is 0. The van der Waals surface area contributed by atoms with Gasteiger partial charge in [0, 0.05) is 37.0 Å². The summed E-state index contributed by atoms with van der Waals surface area (Å²) in [6.45, 7) is 5.32. The number of halogens is 1. The van der Waals surface area contributed by atoms with Crippen LogP contribution in [0.15, 0.2) is 36.7 Å². The molecule has 7 heteroatoms. The Morgan fingerprint density at radius 1 is 1.17 bits per heavy atom. The maximum absolute atomic E-state index is 13.3. The normalized spacial score (nSPS) is 18.7. The molecule has 1 spiro atoms. The topological polar surface area (TPSA) is 66.9 Å². The lowest BCUT2D eigenvalue weighted by atomic mass is 9.83. The number of aromatic amines is 1. The highest BCUT2D eigenvalue weighted by atomic mass is 19.1. The summed E-state index contributed by atoms with van der Waals surface area (Å²) in [6.07, 6.45) is 6.55. The summed E-state index contributed by atoms with van der Waals surface area (Å²) in [5.41, 5.74) is 5.05. The number of benzene rings is 1. The van der Waals surface area contributed by atoms with Crippen molar-refractivity contribution in [1.29, 1.82) is 0 Å². The van der Waals surface area contributed by atoms with E-state index in [4.69, 9.17) is 9.72 Å². The quantitative estimate of drug-likeness (QED) is 0.739. The van der Waals surface area contributed by atoms with Gasteiger partial charge in [0.1, 0.15) is 17.2 Å². The van der Waals surface area contributed by atoms with E-state index in [0.29, 0.717) is 0 Å². The summed E-state index contributed by atoms with van der Waals surface area (Å²) in [6, 6.07) is 6.53. The van der Waals surface area contributed by atoms with Gasteiger partial charge in [0.05, 0.1) is 24.2 Å². The maximum atomic E-state index is 13.3. The lowest BCUT2D eigenvalue weighted by molar-refractivity contribution is -0.102.